The first-order valence-electron chi connectivity index (χ1n) is 7.32. The van der Waals surface area contributed by atoms with Crippen molar-refractivity contribution < 1.29 is 14.7 Å². The number of urea groups is 1. The van der Waals surface area contributed by atoms with Crippen LogP contribution in [-0.4, -0.2) is 45.5 Å². The van der Waals surface area contributed by atoms with Crippen molar-refractivity contribution in [2.75, 3.05) is 6.54 Å². The van der Waals surface area contributed by atoms with Gasteiger partial charge in [0, 0.05) is 18.6 Å². The number of amides is 2. The largest absolute Gasteiger partial charge is 0.480 e. The number of aliphatic carboxylic acids is 1. The molecule has 1 aromatic rings. The highest BCUT2D eigenvalue weighted by Gasteiger charge is 2.36. The van der Waals surface area contributed by atoms with Crippen LogP contribution in [0.3, 0.4) is 0 Å². The standard InChI is InChI=1S/C16H22N2O3/c1-12(2)17(10-13-6-4-3-5-7-13)16(21)18(11-15(19)20)14-8-9-14/h3-7,12,14H,8-11H2,1-2H3,(H,19,20). The van der Waals surface area contributed by atoms with Gasteiger partial charge in [0.2, 0.25) is 0 Å². The van der Waals surface area contributed by atoms with Gasteiger partial charge >= 0.3 is 12.0 Å². The Balaban J connectivity index is 2.12. The van der Waals surface area contributed by atoms with Crippen LogP contribution in [0.5, 0.6) is 0 Å². The van der Waals surface area contributed by atoms with Crippen molar-refractivity contribution in [3.05, 3.63) is 35.9 Å². The van der Waals surface area contributed by atoms with E-state index in [4.69, 9.17) is 5.11 Å². The highest BCUT2D eigenvalue weighted by molar-refractivity contribution is 5.81. The van der Waals surface area contributed by atoms with Crippen LogP contribution in [0.15, 0.2) is 30.3 Å². The molecule has 2 rings (SSSR count). The van der Waals surface area contributed by atoms with Gasteiger partial charge in [0.05, 0.1) is 0 Å². The van der Waals surface area contributed by atoms with E-state index in [0.29, 0.717) is 6.54 Å². The van der Waals surface area contributed by atoms with Crippen LogP contribution in [0.2, 0.25) is 0 Å². The first kappa shape index (κ1) is 15.4. The monoisotopic (exact) mass is 290 g/mol. The van der Waals surface area contributed by atoms with Crippen LogP contribution >= 0.6 is 0 Å². The summed E-state index contributed by atoms with van der Waals surface area (Å²) in [4.78, 5) is 26.9. The summed E-state index contributed by atoms with van der Waals surface area (Å²) in [5.74, 6) is -0.960. The molecule has 1 aliphatic rings. The van der Waals surface area contributed by atoms with Crippen molar-refractivity contribution in [1.29, 1.82) is 0 Å². The molecule has 0 bridgehead atoms. The molecular weight excluding hydrogens is 268 g/mol. The molecule has 1 aromatic carbocycles. The minimum Gasteiger partial charge on any atom is -0.480 e. The van der Waals surface area contributed by atoms with Crippen LogP contribution in [0, 0.1) is 0 Å². The molecule has 0 unspecified atom stereocenters. The molecule has 0 radical (unpaired) electrons. The quantitative estimate of drug-likeness (QED) is 0.876. The predicted octanol–water partition coefficient (Wildman–Crippen LogP) is 2.57. The van der Waals surface area contributed by atoms with Gasteiger partial charge in [-0.05, 0) is 32.3 Å². The van der Waals surface area contributed by atoms with Crippen molar-refractivity contribution in [3.8, 4) is 0 Å². The zero-order valence-corrected chi connectivity index (χ0v) is 12.5. The normalized spacial score (nSPS) is 14.0. The zero-order chi connectivity index (χ0) is 15.4. The maximum absolute atomic E-state index is 12.7. The fraction of sp³-hybridized carbons (Fsp3) is 0.500. The Labute approximate surface area is 125 Å². The Morgan fingerprint density at radius 1 is 1.24 bits per heavy atom. The summed E-state index contributed by atoms with van der Waals surface area (Å²) >= 11 is 0. The summed E-state index contributed by atoms with van der Waals surface area (Å²) in [6, 6.07) is 9.69. The lowest BCUT2D eigenvalue weighted by atomic mass is 10.2. The fourth-order valence-corrected chi connectivity index (χ4v) is 2.30. The van der Waals surface area contributed by atoms with Crippen LogP contribution in [-0.2, 0) is 11.3 Å². The Hall–Kier alpha value is -2.04. The third-order valence-corrected chi connectivity index (χ3v) is 3.60. The molecule has 5 heteroatoms. The number of hydrogen-bond donors (Lipinski definition) is 1. The second kappa shape index (κ2) is 6.61. The van der Waals surface area contributed by atoms with Gasteiger partial charge in [0.1, 0.15) is 6.54 Å². The molecule has 0 atom stereocenters. The van der Waals surface area contributed by atoms with E-state index in [9.17, 15) is 9.59 Å². The maximum Gasteiger partial charge on any atom is 0.323 e. The molecule has 1 N–H and O–H groups in total. The van der Waals surface area contributed by atoms with Gasteiger partial charge < -0.3 is 14.9 Å². The van der Waals surface area contributed by atoms with Crippen molar-refractivity contribution in [2.45, 2.75) is 45.3 Å². The van der Waals surface area contributed by atoms with Gasteiger partial charge in [-0.3, -0.25) is 4.79 Å². The molecule has 0 aromatic heterocycles. The third kappa shape index (κ3) is 4.21. The Morgan fingerprint density at radius 3 is 2.33 bits per heavy atom. The first-order valence-corrected chi connectivity index (χ1v) is 7.32. The number of nitrogens with zero attached hydrogens (tertiary/aromatic N) is 2. The summed E-state index contributed by atoms with van der Waals surface area (Å²) in [7, 11) is 0. The minimum absolute atomic E-state index is 0.0211. The number of carbonyl (C=O) groups is 2. The second-order valence-corrected chi connectivity index (χ2v) is 5.74. The molecule has 0 aliphatic heterocycles. The predicted molar refractivity (Wildman–Crippen MR) is 79.9 cm³/mol. The van der Waals surface area contributed by atoms with Gasteiger partial charge in [0.25, 0.3) is 0 Å². The van der Waals surface area contributed by atoms with Gasteiger partial charge in [-0.2, -0.15) is 0 Å². The van der Waals surface area contributed by atoms with Gasteiger partial charge in [-0.25, -0.2) is 4.79 Å². The average molecular weight is 290 g/mol. The molecule has 1 aliphatic carbocycles. The Kier molecular flexibility index (Phi) is 4.83. The Morgan fingerprint density at radius 2 is 1.86 bits per heavy atom. The highest BCUT2D eigenvalue weighted by Crippen LogP contribution is 2.28. The van der Waals surface area contributed by atoms with Crippen LogP contribution < -0.4 is 0 Å². The Bertz CT molecular complexity index is 498. The number of carbonyl (C=O) groups excluding carboxylic acids is 1. The molecular formula is C16H22N2O3. The summed E-state index contributed by atoms with van der Waals surface area (Å²) in [5.41, 5.74) is 1.05. The summed E-state index contributed by atoms with van der Waals surface area (Å²) < 4.78 is 0. The lowest BCUT2D eigenvalue weighted by Gasteiger charge is -2.32. The molecule has 2 amide bonds. The number of rotatable bonds is 6. The number of carboxylic acids is 1. The van der Waals surface area contributed by atoms with Gasteiger partial charge in [-0.15, -0.1) is 0 Å². The van der Waals surface area contributed by atoms with Crippen LogP contribution in [0.1, 0.15) is 32.3 Å². The lowest BCUT2D eigenvalue weighted by Crippen LogP contribution is -2.48. The average Bonchev–Trinajstić information content (AvgIpc) is 3.26. The summed E-state index contributed by atoms with van der Waals surface area (Å²) in [5, 5.41) is 9.01. The molecule has 5 nitrogen and oxygen atoms in total. The lowest BCUT2D eigenvalue weighted by molar-refractivity contribution is -0.137. The van der Waals surface area contributed by atoms with Gasteiger partial charge in [-0.1, -0.05) is 30.3 Å². The number of carboxylic acid groups (broad SMARTS) is 1. The first-order chi connectivity index (χ1) is 9.99. The summed E-state index contributed by atoms with van der Waals surface area (Å²) in [6.07, 6.45) is 1.80. The molecule has 114 valence electrons. The van der Waals surface area contributed by atoms with E-state index in [1.165, 1.54) is 4.90 Å². The smallest absolute Gasteiger partial charge is 0.323 e. The van der Waals surface area contributed by atoms with E-state index < -0.39 is 5.97 Å². The van der Waals surface area contributed by atoms with Gasteiger partial charge in [0.15, 0.2) is 0 Å². The highest BCUT2D eigenvalue weighted by atomic mass is 16.4. The third-order valence-electron chi connectivity index (χ3n) is 3.60. The molecule has 0 spiro atoms. The van der Waals surface area contributed by atoms with Crippen molar-refractivity contribution in [1.82, 2.24) is 9.80 Å². The van der Waals surface area contributed by atoms with Crippen LogP contribution in [0.25, 0.3) is 0 Å². The van der Waals surface area contributed by atoms with Crippen molar-refractivity contribution >= 4 is 12.0 Å². The zero-order valence-electron chi connectivity index (χ0n) is 12.5. The summed E-state index contributed by atoms with van der Waals surface area (Å²) in [6.45, 7) is 4.18. The molecule has 1 saturated carbocycles. The van der Waals surface area contributed by atoms with Crippen LogP contribution in [0.4, 0.5) is 4.79 Å². The van der Waals surface area contributed by atoms with E-state index in [2.05, 4.69) is 0 Å². The fourth-order valence-electron chi connectivity index (χ4n) is 2.30. The molecule has 0 heterocycles. The van der Waals surface area contributed by atoms with Crippen molar-refractivity contribution in [2.24, 2.45) is 0 Å². The van der Waals surface area contributed by atoms with E-state index >= 15 is 0 Å². The molecule has 0 saturated heterocycles. The van der Waals surface area contributed by atoms with E-state index in [1.807, 2.05) is 44.2 Å². The SMILES string of the molecule is CC(C)N(Cc1ccccc1)C(=O)N(CC(=O)O)C1CC1. The second-order valence-electron chi connectivity index (χ2n) is 5.74. The van der Waals surface area contributed by atoms with E-state index in [1.54, 1.807) is 4.90 Å². The van der Waals surface area contributed by atoms with E-state index in [-0.39, 0.29) is 24.7 Å². The molecule has 21 heavy (non-hydrogen) atoms. The van der Waals surface area contributed by atoms with Crippen molar-refractivity contribution in [3.63, 3.8) is 0 Å². The minimum atomic E-state index is -0.960. The maximum atomic E-state index is 12.7. The number of benzene rings is 1. The number of hydrogen-bond acceptors (Lipinski definition) is 2. The van der Waals surface area contributed by atoms with E-state index in [0.717, 1.165) is 18.4 Å². The molecule has 1 fully saturated rings. The topological polar surface area (TPSA) is 60.9 Å².